The summed E-state index contributed by atoms with van der Waals surface area (Å²) in [6.45, 7) is 4.04. The zero-order valence-corrected chi connectivity index (χ0v) is 18.8. The van der Waals surface area contributed by atoms with Crippen molar-refractivity contribution >= 4 is 11.3 Å². The summed E-state index contributed by atoms with van der Waals surface area (Å²) < 4.78 is 16.9. The van der Waals surface area contributed by atoms with Gasteiger partial charge in [0, 0.05) is 61.0 Å². The van der Waals surface area contributed by atoms with E-state index in [-0.39, 0.29) is 5.82 Å². The molecule has 4 heterocycles. The second-order valence-corrected chi connectivity index (χ2v) is 8.58. The summed E-state index contributed by atoms with van der Waals surface area (Å²) in [5.41, 5.74) is 5.61. The summed E-state index contributed by atoms with van der Waals surface area (Å²) in [6.07, 6.45) is 5.64. The molecule has 0 spiro atoms. The van der Waals surface area contributed by atoms with Crippen molar-refractivity contribution in [2.75, 3.05) is 38.1 Å². The molecule has 3 aromatic heterocycles. The van der Waals surface area contributed by atoms with Gasteiger partial charge in [-0.25, -0.2) is 18.6 Å². The molecule has 34 heavy (non-hydrogen) atoms. The Kier molecular flexibility index (Phi) is 5.07. The first-order chi connectivity index (χ1) is 16.7. The van der Waals surface area contributed by atoms with Crippen molar-refractivity contribution in [3.8, 4) is 28.2 Å². The minimum atomic E-state index is -0.270. The molecule has 0 amide bonds. The smallest absolute Gasteiger partial charge is 0.184 e. The molecule has 6 rings (SSSR count). The zero-order valence-electron chi connectivity index (χ0n) is 18.8. The van der Waals surface area contributed by atoms with Crippen LogP contribution in [0, 0.1) is 5.82 Å². The molecule has 1 fully saturated rings. The van der Waals surface area contributed by atoms with Crippen LogP contribution in [0.3, 0.4) is 0 Å². The molecule has 1 aliphatic heterocycles. The maximum absolute atomic E-state index is 13.3. The second-order valence-electron chi connectivity index (χ2n) is 8.58. The van der Waals surface area contributed by atoms with Gasteiger partial charge in [-0.2, -0.15) is 5.10 Å². The molecular formula is C26H24FN7. The van der Waals surface area contributed by atoms with Crippen LogP contribution in [0.5, 0.6) is 0 Å². The van der Waals surface area contributed by atoms with Gasteiger partial charge in [0.05, 0.1) is 11.9 Å². The highest BCUT2D eigenvalue weighted by Gasteiger charge is 2.20. The van der Waals surface area contributed by atoms with Crippen molar-refractivity contribution in [3.05, 3.63) is 85.1 Å². The van der Waals surface area contributed by atoms with Gasteiger partial charge in [0.1, 0.15) is 5.82 Å². The number of fused-ring (bicyclic) bond motifs is 1. The SMILES string of the molecule is CN1CCN(c2ccccc2-c2nc3c(-c4cnn(-c5ccc(F)cc5)c4)cccn3n2)CC1. The molecule has 0 saturated carbocycles. The molecule has 1 saturated heterocycles. The third-order valence-corrected chi connectivity index (χ3v) is 6.34. The number of hydrogen-bond donors (Lipinski definition) is 0. The Hall–Kier alpha value is -4.04. The number of rotatable bonds is 4. The van der Waals surface area contributed by atoms with Gasteiger partial charge in [0.15, 0.2) is 11.5 Å². The Morgan fingerprint density at radius 2 is 1.62 bits per heavy atom. The minimum Gasteiger partial charge on any atom is -0.368 e. The maximum Gasteiger partial charge on any atom is 0.184 e. The monoisotopic (exact) mass is 453 g/mol. The van der Waals surface area contributed by atoms with Crippen molar-refractivity contribution < 1.29 is 4.39 Å². The van der Waals surface area contributed by atoms with Gasteiger partial charge < -0.3 is 9.80 Å². The van der Waals surface area contributed by atoms with Gasteiger partial charge >= 0.3 is 0 Å². The summed E-state index contributed by atoms with van der Waals surface area (Å²) in [7, 11) is 2.16. The fourth-order valence-corrected chi connectivity index (χ4v) is 4.43. The third-order valence-electron chi connectivity index (χ3n) is 6.34. The molecule has 0 radical (unpaired) electrons. The van der Waals surface area contributed by atoms with Gasteiger partial charge in [0.2, 0.25) is 0 Å². The van der Waals surface area contributed by atoms with E-state index in [9.17, 15) is 4.39 Å². The number of hydrogen-bond acceptors (Lipinski definition) is 5. The third kappa shape index (κ3) is 3.72. The van der Waals surface area contributed by atoms with Crippen molar-refractivity contribution in [2.45, 2.75) is 0 Å². The van der Waals surface area contributed by atoms with Crippen LogP contribution in [0.4, 0.5) is 10.1 Å². The van der Waals surface area contributed by atoms with Crippen molar-refractivity contribution in [3.63, 3.8) is 0 Å². The number of anilines is 1. The molecular weight excluding hydrogens is 429 g/mol. The molecule has 0 atom stereocenters. The maximum atomic E-state index is 13.3. The Morgan fingerprint density at radius 1 is 0.853 bits per heavy atom. The molecule has 0 N–H and O–H groups in total. The summed E-state index contributed by atoms with van der Waals surface area (Å²) >= 11 is 0. The predicted molar refractivity (Wildman–Crippen MR) is 131 cm³/mol. The van der Waals surface area contributed by atoms with E-state index in [0.717, 1.165) is 59.9 Å². The van der Waals surface area contributed by atoms with E-state index in [1.807, 2.05) is 35.1 Å². The average Bonchev–Trinajstić information content (AvgIpc) is 3.53. The van der Waals surface area contributed by atoms with Gasteiger partial charge in [-0.1, -0.05) is 12.1 Å². The van der Waals surface area contributed by atoms with E-state index >= 15 is 0 Å². The summed E-state index contributed by atoms with van der Waals surface area (Å²) in [4.78, 5) is 9.71. The van der Waals surface area contributed by atoms with Gasteiger partial charge in [-0.15, -0.1) is 5.10 Å². The van der Waals surface area contributed by atoms with E-state index < -0.39 is 0 Å². The average molecular weight is 454 g/mol. The molecule has 8 heteroatoms. The molecule has 7 nitrogen and oxygen atoms in total. The number of aromatic nitrogens is 5. The first kappa shape index (κ1) is 20.6. The Bertz CT molecular complexity index is 1450. The summed E-state index contributed by atoms with van der Waals surface area (Å²) in [6, 6.07) is 18.6. The highest BCUT2D eigenvalue weighted by Crippen LogP contribution is 2.31. The minimum absolute atomic E-state index is 0.270. The number of benzene rings is 2. The second kappa shape index (κ2) is 8.39. The van der Waals surface area contributed by atoms with E-state index in [1.165, 1.54) is 12.1 Å². The molecule has 1 aliphatic rings. The topological polar surface area (TPSA) is 54.5 Å². The van der Waals surface area contributed by atoms with Crippen LogP contribution >= 0.6 is 0 Å². The van der Waals surface area contributed by atoms with Crippen LogP contribution in [0.15, 0.2) is 79.3 Å². The lowest BCUT2D eigenvalue weighted by atomic mass is 10.1. The number of piperazine rings is 1. The molecule has 0 unspecified atom stereocenters. The number of pyridine rings is 1. The molecule has 0 aliphatic carbocycles. The number of likely N-dealkylation sites (N-methyl/N-ethyl adjacent to an activating group) is 1. The van der Waals surface area contributed by atoms with Crippen LogP contribution in [0.1, 0.15) is 0 Å². The lowest BCUT2D eigenvalue weighted by molar-refractivity contribution is 0.313. The van der Waals surface area contributed by atoms with Crippen molar-refractivity contribution in [1.82, 2.24) is 29.3 Å². The van der Waals surface area contributed by atoms with Crippen LogP contribution in [0.25, 0.3) is 33.8 Å². The van der Waals surface area contributed by atoms with Gasteiger partial charge in [-0.05, 0) is 55.6 Å². The van der Waals surface area contributed by atoms with E-state index in [0.29, 0.717) is 5.82 Å². The molecule has 0 bridgehead atoms. The van der Waals surface area contributed by atoms with Crippen LogP contribution in [-0.2, 0) is 0 Å². The van der Waals surface area contributed by atoms with Crippen molar-refractivity contribution in [2.24, 2.45) is 0 Å². The molecule has 170 valence electrons. The van der Waals surface area contributed by atoms with E-state index in [4.69, 9.17) is 10.1 Å². The highest BCUT2D eigenvalue weighted by atomic mass is 19.1. The normalized spacial score (nSPS) is 14.7. The van der Waals surface area contributed by atoms with Gasteiger partial charge in [0.25, 0.3) is 0 Å². The lowest BCUT2D eigenvalue weighted by Crippen LogP contribution is -2.44. The Labute approximate surface area is 196 Å². The summed E-state index contributed by atoms with van der Waals surface area (Å²) in [5.74, 6) is 0.432. The highest BCUT2D eigenvalue weighted by molar-refractivity contribution is 5.80. The lowest BCUT2D eigenvalue weighted by Gasteiger charge is -2.34. The Morgan fingerprint density at radius 3 is 2.44 bits per heavy atom. The van der Waals surface area contributed by atoms with E-state index in [1.54, 1.807) is 23.0 Å². The first-order valence-electron chi connectivity index (χ1n) is 11.3. The van der Waals surface area contributed by atoms with Crippen LogP contribution < -0.4 is 4.90 Å². The van der Waals surface area contributed by atoms with E-state index in [2.05, 4.69) is 40.1 Å². The predicted octanol–water partition coefficient (Wildman–Crippen LogP) is 4.14. The Balaban J connectivity index is 1.39. The van der Waals surface area contributed by atoms with Crippen LogP contribution in [0.2, 0.25) is 0 Å². The number of para-hydroxylation sites is 1. The quantitative estimate of drug-likeness (QED) is 0.409. The first-order valence-corrected chi connectivity index (χ1v) is 11.3. The summed E-state index contributed by atoms with van der Waals surface area (Å²) in [5, 5.41) is 9.29. The number of nitrogens with zero attached hydrogens (tertiary/aromatic N) is 7. The van der Waals surface area contributed by atoms with Crippen LogP contribution in [-0.4, -0.2) is 62.5 Å². The largest absolute Gasteiger partial charge is 0.368 e. The van der Waals surface area contributed by atoms with Gasteiger partial charge in [-0.3, -0.25) is 0 Å². The standard InChI is InChI=1S/C26H24FN7/c1-31-13-15-32(16-14-31)24-7-3-2-5-23(24)25-29-26-22(6-4-12-33(26)30-25)19-17-28-34(18-19)21-10-8-20(27)9-11-21/h2-12,17-18H,13-16H2,1H3. The molecule has 5 aromatic rings. The fraction of sp³-hybridized carbons (Fsp3) is 0.192. The molecule has 2 aromatic carbocycles. The van der Waals surface area contributed by atoms with Crippen molar-refractivity contribution in [1.29, 1.82) is 0 Å². The fourth-order valence-electron chi connectivity index (χ4n) is 4.43. The zero-order chi connectivity index (χ0) is 23.1. The number of halogens is 1.